The van der Waals surface area contributed by atoms with Crippen LogP contribution < -0.4 is 10.2 Å². The van der Waals surface area contributed by atoms with E-state index in [9.17, 15) is 8.42 Å². The lowest BCUT2D eigenvalue weighted by Gasteiger charge is -2.31. The fraction of sp³-hybridized carbons (Fsp3) is 0.800. The van der Waals surface area contributed by atoms with E-state index in [0.29, 0.717) is 19.1 Å². The molecule has 2 heterocycles. The van der Waals surface area contributed by atoms with E-state index in [2.05, 4.69) is 14.9 Å². The third kappa shape index (κ3) is 3.54. The molecule has 0 unspecified atom stereocenters. The Labute approximate surface area is 138 Å². The zero-order chi connectivity index (χ0) is 16.6. The maximum atomic E-state index is 12.2. The zero-order valence-electron chi connectivity index (χ0n) is 14.2. The molecule has 7 nitrogen and oxygen atoms in total. The second kappa shape index (κ2) is 6.41. The largest absolute Gasteiger partial charge is 0.348 e. The van der Waals surface area contributed by atoms with Crippen LogP contribution in [0, 0.1) is 0 Å². The summed E-state index contributed by atoms with van der Waals surface area (Å²) in [5.74, 6) is 0.937. The van der Waals surface area contributed by atoms with Crippen molar-refractivity contribution in [3.05, 3.63) is 11.9 Å². The molecular formula is C15H27N5O2S. The van der Waals surface area contributed by atoms with Gasteiger partial charge in [0, 0.05) is 46.8 Å². The van der Waals surface area contributed by atoms with Gasteiger partial charge in [-0.2, -0.15) is 0 Å². The molecule has 0 atom stereocenters. The van der Waals surface area contributed by atoms with Crippen LogP contribution in [0.1, 0.15) is 31.4 Å². The first kappa shape index (κ1) is 16.7. The van der Waals surface area contributed by atoms with Crippen molar-refractivity contribution in [1.29, 1.82) is 0 Å². The van der Waals surface area contributed by atoms with Crippen LogP contribution >= 0.6 is 0 Å². The van der Waals surface area contributed by atoms with E-state index in [0.717, 1.165) is 43.9 Å². The van der Waals surface area contributed by atoms with Gasteiger partial charge in [0.2, 0.25) is 16.0 Å². The van der Waals surface area contributed by atoms with Crippen LogP contribution in [0.5, 0.6) is 0 Å². The summed E-state index contributed by atoms with van der Waals surface area (Å²) in [5, 5.41) is 3.46. The average Bonchev–Trinajstić information content (AvgIpc) is 3.30. The molecule has 1 saturated heterocycles. The maximum Gasteiger partial charge on any atom is 0.216 e. The summed E-state index contributed by atoms with van der Waals surface area (Å²) in [6, 6.07) is 0.373. The van der Waals surface area contributed by atoms with Crippen LogP contribution in [-0.2, 0) is 23.6 Å². The maximum absolute atomic E-state index is 12.2. The molecule has 130 valence electrons. The van der Waals surface area contributed by atoms with Crippen molar-refractivity contribution in [1.82, 2.24) is 19.2 Å². The summed E-state index contributed by atoms with van der Waals surface area (Å²) in [6.07, 6.45) is 5.34. The molecule has 1 aliphatic heterocycles. The summed E-state index contributed by atoms with van der Waals surface area (Å²) in [4.78, 5) is 6.40. The summed E-state index contributed by atoms with van der Waals surface area (Å²) in [6.45, 7) is 2.05. The van der Waals surface area contributed by atoms with Crippen LogP contribution in [0.3, 0.4) is 0 Å². The Morgan fingerprint density at radius 1 is 1.26 bits per heavy atom. The van der Waals surface area contributed by atoms with Crippen LogP contribution in [-0.4, -0.2) is 60.8 Å². The highest BCUT2D eigenvalue weighted by molar-refractivity contribution is 7.90. The molecule has 1 aromatic rings. The molecule has 1 aliphatic carbocycles. The molecular weight excluding hydrogens is 314 g/mol. The first-order chi connectivity index (χ1) is 10.9. The van der Waals surface area contributed by atoms with Gasteiger partial charge in [0.25, 0.3) is 0 Å². The Morgan fingerprint density at radius 2 is 1.91 bits per heavy atom. The fourth-order valence-corrected chi connectivity index (χ4v) is 5.03. The molecule has 1 aromatic heterocycles. The predicted molar refractivity (Wildman–Crippen MR) is 90.9 cm³/mol. The third-order valence-corrected chi connectivity index (χ3v) is 7.19. The Morgan fingerprint density at radius 3 is 2.43 bits per heavy atom. The van der Waals surface area contributed by atoms with E-state index in [1.165, 1.54) is 0 Å². The Balaban J connectivity index is 1.50. The first-order valence-corrected chi connectivity index (χ1v) is 9.80. The van der Waals surface area contributed by atoms with E-state index < -0.39 is 10.0 Å². The number of hydrogen-bond donors (Lipinski definition) is 1. The highest BCUT2D eigenvalue weighted by Crippen LogP contribution is 2.32. The highest BCUT2D eigenvalue weighted by atomic mass is 32.2. The molecule has 0 bridgehead atoms. The minimum Gasteiger partial charge on any atom is -0.348 e. The Kier molecular flexibility index (Phi) is 4.66. The van der Waals surface area contributed by atoms with E-state index in [4.69, 9.17) is 0 Å². The molecule has 2 aliphatic rings. The monoisotopic (exact) mass is 341 g/mol. The molecule has 1 saturated carbocycles. The minimum absolute atomic E-state index is 0.0918. The Bertz CT molecular complexity index is 643. The average molecular weight is 341 g/mol. The van der Waals surface area contributed by atoms with Crippen molar-refractivity contribution in [2.75, 3.05) is 32.1 Å². The zero-order valence-corrected chi connectivity index (χ0v) is 15.0. The lowest BCUT2D eigenvalue weighted by molar-refractivity contribution is 0.287. The number of sulfonamides is 1. The van der Waals surface area contributed by atoms with Gasteiger partial charge in [0.15, 0.2) is 0 Å². The summed E-state index contributed by atoms with van der Waals surface area (Å²) in [5.41, 5.74) is 1.14. The van der Waals surface area contributed by atoms with Crippen molar-refractivity contribution < 1.29 is 8.42 Å². The lowest BCUT2D eigenvalue weighted by Crippen LogP contribution is -2.45. The molecule has 23 heavy (non-hydrogen) atoms. The van der Waals surface area contributed by atoms with Crippen molar-refractivity contribution >= 4 is 16.0 Å². The first-order valence-electron chi connectivity index (χ1n) is 8.30. The van der Waals surface area contributed by atoms with Crippen LogP contribution in [0.2, 0.25) is 0 Å². The van der Waals surface area contributed by atoms with Crippen molar-refractivity contribution in [2.45, 2.75) is 43.5 Å². The molecule has 2 fully saturated rings. The molecule has 1 N–H and O–H groups in total. The van der Waals surface area contributed by atoms with E-state index in [1.54, 1.807) is 4.31 Å². The number of aromatic nitrogens is 2. The number of hydrogen-bond acceptors (Lipinski definition) is 5. The number of piperidine rings is 1. The molecule has 0 radical (unpaired) electrons. The van der Waals surface area contributed by atoms with E-state index in [-0.39, 0.29) is 5.25 Å². The van der Waals surface area contributed by atoms with Gasteiger partial charge in [-0.1, -0.05) is 0 Å². The number of nitrogens with zero attached hydrogens (tertiary/aromatic N) is 4. The molecule has 3 rings (SSSR count). The number of anilines is 1. The lowest BCUT2D eigenvalue weighted by atomic mass is 10.1. The standard InChI is InChI=1S/C15H27N5O2S/c1-18(2)15-17-11-13(19(15)3)10-16-12-6-8-20(9-7-12)23(21,22)14-4-5-14/h11-12,14,16H,4-10H2,1-3H3. The molecule has 0 spiro atoms. The minimum atomic E-state index is -3.01. The second-order valence-electron chi connectivity index (χ2n) is 6.80. The highest BCUT2D eigenvalue weighted by Gasteiger charge is 2.41. The van der Waals surface area contributed by atoms with Crippen LogP contribution in [0.25, 0.3) is 0 Å². The number of rotatable bonds is 6. The van der Waals surface area contributed by atoms with E-state index >= 15 is 0 Å². The fourth-order valence-electron chi connectivity index (χ4n) is 3.15. The van der Waals surface area contributed by atoms with Crippen molar-refractivity contribution in [3.8, 4) is 0 Å². The van der Waals surface area contributed by atoms with Crippen molar-refractivity contribution in [3.63, 3.8) is 0 Å². The van der Waals surface area contributed by atoms with E-state index in [1.807, 2.05) is 32.2 Å². The smallest absolute Gasteiger partial charge is 0.216 e. The molecule has 0 amide bonds. The van der Waals surface area contributed by atoms with Gasteiger partial charge in [-0.25, -0.2) is 17.7 Å². The SMILES string of the molecule is CN(C)c1ncc(CNC2CCN(S(=O)(=O)C3CC3)CC2)n1C. The summed E-state index contributed by atoms with van der Waals surface area (Å²) < 4.78 is 28.2. The molecule has 8 heteroatoms. The number of imidazole rings is 1. The summed E-state index contributed by atoms with van der Waals surface area (Å²) >= 11 is 0. The third-order valence-electron chi connectivity index (χ3n) is 4.79. The van der Waals surface area contributed by atoms with Gasteiger partial charge in [-0.3, -0.25) is 0 Å². The second-order valence-corrected chi connectivity index (χ2v) is 9.01. The van der Waals surface area contributed by atoms with Gasteiger partial charge in [-0.15, -0.1) is 0 Å². The summed E-state index contributed by atoms with van der Waals surface area (Å²) in [7, 11) is 2.98. The van der Waals surface area contributed by atoms with Crippen LogP contribution in [0.15, 0.2) is 6.20 Å². The van der Waals surface area contributed by atoms with Gasteiger partial charge in [-0.05, 0) is 25.7 Å². The van der Waals surface area contributed by atoms with Gasteiger partial charge in [0.05, 0.1) is 17.1 Å². The van der Waals surface area contributed by atoms with Gasteiger partial charge in [0.1, 0.15) is 0 Å². The normalized spacial score (nSPS) is 20.8. The van der Waals surface area contributed by atoms with Crippen LogP contribution in [0.4, 0.5) is 5.95 Å². The number of nitrogens with one attached hydrogen (secondary N) is 1. The Hall–Kier alpha value is -1.12. The quantitative estimate of drug-likeness (QED) is 0.817. The predicted octanol–water partition coefficient (Wildman–Crippen LogP) is 0.532. The van der Waals surface area contributed by atoms with Gasteiger partial charge < -0.3 is 14.8 Å². The molecule has 0 aromatic carbocycles. The van der Waals surface area contributed by atoms with Gasteiger partial charge >= 0.3 is 0 Å². The van der Waals surface area contributed by atoms with Crippen molar-refractivity contribution in [2.24, 2.45) is 7.05 Å². The topological polar surface area (TPSA) is 70.5 Å².